The average Bonchev–Trinajstić information content (AvgIpc) is 3.06. The molecule has 0 aliphatic rings. The van der Waals surface area contributed by atoms with E-state index >= 15 is 0 Å². The number of aromatic nitrogens is 1. The second kappa shape index (κ2) is 22.6. The summed E-state index contributed by atoms with van der Waals surface area (Å²) in [7, 11) is 0. The Morgan fingerprint density at radius 2 is 1.04 bits per heavy atom. The molecule has 0 fully saturated rings. The first kappa shape index (κ1) is 36.6. The zero-order chi connectivity index (χ0) is 32.7. The molecular weight excluding hydrogens is 574 g/mol. The lowest BCUT2D eigenvalue weighted by atomic mass is 10.1. The zero-order valence-corrected chi connectivity index (χ0v) is 28.1. The van der Waals surface area contributed by atoms with E-state index in [1.807, 2.05) is 12.1 Å². The van der Waals surface area contributed by atoms with Gasteiger partial charge in [-0.1, -0.05) is 104 Å². The quantitative estimate of drug-likeness (QED) is 0.0759. The first-order valence-electron chi connectivity index (χ1n) is 17.6. The Labute approximate surface area is 276 Å². The number of hydrogen-bond acceptors (Lipinski definition) is 7. The van der Waals surface area contributed by atoms with E-state index < -0.39 is 0 Å². The molecule has 1 aromatic heterocycles. The minimum Gasteiger partial charge on any atom is -0.507 e. The van der Waals surface area contributed by atoms with Gasteiger partial charge in [0.05, 0.1) is 13.2 Å². The van der Waals surface area contributed by atoms with Crippen LogP contribution >= 0.6 is 0 Å². The highest BCUT2D eigenvalue weighted by atomic mass is 16.5. The predicted octanol–water partition coefficient (Wildman–Crippen LogP) is 11.0. The lowest BCUT2D eigenvalue weighted by molar-refractivity contribution is 0.302. The molecule has 0 aliphatic heterocycles. The Kier molecular flexibility index (Phi) is 18.0. The number of pyridine rings is 1. The zero-order valence-electron chi connectivity index (χ0n) is 28.1. The van der Waals surface area contributed by atoms with E-state index in [1.54, 1.807) is 55.0 Å². The fourth-order valence-electron chi connectivity index (χ4n) is 5.16. The van der Waals surface area contributed by atoms with Crippen LogP contribution in [0.4, 0.5) is 11.5 Å². The first-order valence-corrected chi connectivity index (χ1v) is 17.6. The van der Waals surface area contributed by atoms with Crippen molar-refractivity contribution < 1.29 is 19.7 Å². The third-order valence-electron chi connectivity index (χ3n) is 7.97. The molecular formula is C39H55N3O4. The van der Waals surface area contributed by atoms with Gasteiger partial charge in [-0.05, 0) is 49.2 Å². The van der Waals surface area contributed by atoms with Crippen LogP contribution in [0.2, 0.25) is 0 Å². The smallest absolute Gasteiger partial charge is 0.178 e. The lowest BCUT2D eigenvalue weighted by Crippen LogP contribution is -1.97. The topological polar surface area (TPSA) is 96.5 Å². The summed E-state index contributed by atoms with van der Waals surface area (Å²) in [4.78, 5) is 13.4. The molecule has 0 radical (unpaired) electrons. The van der Waals surface area contributed by atoms with E-state index in [2.05, 4.69) is 28.8 Å². The monoisotopic (exact) mass is 629 g/mol. The summed E-state index contributed by atoms with van der Waals surface area (Å²) in [5, 5.41) is 21.1. The van der Waals surface area contributed by atoms with Gasteiger partial charge in [-0.25, -0.2) is 9.98 Å². The van der Waals surface area contributed by atoms with Crippen molar-refractivity contribution in [1.82, 2.24) is 4.98 Å². The van der Waals surface area contributed by atoms with E-state index in [1.165, 1.54) is 77.0 Å². The summed E-state index contributed by atoms with van der Waals surface area (Å²) < 4.78 is 11.7. The molecule has 0 unspecified atom stereocenters. The second-order valence-corrected chi connectivity index (χ2v) is 12.0. The van der Waals surface area contributed by atoms with Gasteiger partial charge in [0, 0.05) is 41.9 Å². The van der Waals surface area contributed by atoms with Crippen molar-refractivity contribution in [3.8, 4) is 23.0 Å². The Morgan fingerprint density at radius 3 is 1.52 bits per heavy atom. The van der Waals surface area contributed by atoms with E-state index in [-0.39, 0.29) is 11.5 Å². The van der Waals surface area contributed by atoms with Gasteiger partial charge in [0.1, 0.15) is 28.7 Å². The molecule has 0 aliphatic carbocycles. The van der Waals surface area contributed by atoms with Crippen LogP contribution in [0.25, 0.3) is 0 Å². The van der Waals surface area contributed by atoms with Crippen LogP contribution in [-0.2, 0) is 0 Å². The number of benzene rings is 2. The molecule has 0 saturated heterocycles. The van der Waals surface area contributed by atoms with Crippen LogP contribution in [0.15, 0.2) is 64.7 Å². The van der Waals surface area contributed by atoms with Crippen LogP contribution in [0.5, 0.6) is 23.0 Å². The van der Waals surface area contributed by atoms with Gasteiger partial charge < -0.3 is 19.7 Å². The Hall–Kier alpha value is -3.87. The summed E-state index contributed by atoms with van der Waals surface area (Å²) in [6.45, 7) is 5.77. The minimum atomic E-state index is 0.0906. The van der Waals surface area contributed by atoms with Gasteiger partial charge >= 0.3 is 0 Å². The van der Waals surface area contributed by atoms with E-state index in [0.29, 0.717) is 47.3 Å². The molecule has 0 atom stereocenters. The summed E-state index contributed by atoms with van der Waals surface area (Å²) in [5.74, 6) is 1.88. The predicted molar refractivity (Wildman–Crippen MR) is 191 cm³/mol. The Balaban J connectivity index is 1.46. The third-order valence-corrected chi connectivity index (χ3v) is 7.97. The van der Waals surface area contributed by atoms with Crippen LogP contribution < -0.4 is 9.47 Å². The lowest BCUT2D eigenvalue weighted by Gasteiger charge is -2.08. The molecule has 2 aromatic carbocycles. The SMILES string of the molecule is CCCCCCCCCCOc1ccc(C=Nc2cccnc2/N=C/c2ccc(OCCCCCCCCCC)cc2O)c(O)c1. The molecule has 0 spiro atoms. The summed E-state index contributed by atoms with van der Waals surface area (Å²) >= 11 is 0. The fraction of sp³-hybridized carbons (Fsp3) is 0.513. The van der Waals surface area contributed by atoms with Crippen molar-refractivity contribution in [3.63, 3.8) is 0 Å². The first-order chi connectivity index (χ1) is 22.6. The van der Waals surface area contributed by atoms with Crippen molar-refractivity contribution in [2.75, 3.05) is 13.2 Å². The number of hydrogen-bond donors (Lipinski definition) is 2. The van der Waals surface area contributed by atoms with E-state index in [0.717, 1.165) is 25.7 Å². The molecule has 2 N–H and O–H groups in total. The number of aromatic hydroxyl groups is 2. The maximum absolute atomic E-state index is 10.6. The number of phenolic OH excluding ortho intramolecular Hbond substituents is 2. The Bertz CT molecular complexity index is 1220. The number of nitrogens with zero attached hydrogens (tertiary/aromatic N) is 3. The van der Waals surface area contributed by atoms with Crippen molar-refractivity contribution in [2.45, 2.75) is 117 Å². The fourth-order valence-corrected chi connectivity index (χ4v) is 5.16. The van der Waals surface area contributed by atoms with Crippen molar-refractivity contribution >= 4 is 23.9 Å². The molecule has 1 heterocycles. The van der Waals surface area contributed by atoms with Gasteiger partial charge in [-0.3, -0.25) is 4.99 Å². The molecule has 3 rings (SSSR count). The molecule has 250 valence electrons. The van der Waals surface area contributed by atoms with Crippen LogP contribution in [-0.4, -0.2) is 40.8 Å². The number of rotatable bonds is 24. The standard InChI is InChI=1S/C39H55N3O4/c1-3-5-7-9-11-13-15-17-26-45-34-23-21-32(37(43)28-34)30-41-36-20-19-25-40-39(36)42-31-33-22-24-35(29-38(33)44)46-27-18-16-14-12-10-8-6-4-2/h19-25,28-31,43-44H,3-18,26-27H2,1-2H3/b41-30?,42-31+. The molecule has 46 heavy (non-hydrogen) atoms. The highest BCUT2D eigenvalue weighted by molar-refractivity contribution is 5.89. The summed E-state index contributed by atoms with van der Waals surface area (Å²) in [6, 6.07) is 14.1. The van der Waals surface area contributed by atoms with E-state index in [4.69, 9.17) is 9.47 Å². The summed E-state index contributed by atoms with van der Waals surface area (Å²) in [6.07, 6.45) is 24.8. The van der Waals surface area contributed by atoms with Crippen LogP contribution in [0.3, 0.4) is 0 Å². The number of ether oxygens (including phenoxy) is 2. The molecule has 7 nitrogen and oxygen atoms in total. The van der Waals surface area contributed by atoms with Gasteiger partial charge in [0.2, 0.25) is 0 Å². The highest BCUT2D eigenvalue weighted by Gasteiger charge is 2.06. The van der Waals surface area contributed by atoms with Gasteiger partial charge in [-0.15, -0.1) is 0 Å². The summed E-state index contributed by atoms with van der Waals surface area (Å²) in [5.41, 5.74) is 1.66. The Morgan fingerprint density at radius 1 is 0.587 bits per heavy atom. The molecule has 0 saturated carbocycles. The second-order valence-electron chi connectivity index (χ2n) is 12.0. The molecule has 7 heteroatoms. The molecule has 3 aromatic rings. The van der Waals surface area contributed by atoms with Gasteiger partial charge in [-0.2, -0.15) is 0 Å². The van der Waals surface area contributed by atoms with Gasteiger partial charge in [0.15, 0.2) is 5.82 Å². The van der Waals surface area contributed by atoms with Crippen molar-refractivity contribution in [2.24, 2.45) is 9.98 Å². The highest BCUT2D eigenvalue weighted by Crippen LogP contribution is 2.28. The average molecular weight is 630 g/mol. The van der Waals surface area contributed by atoms with E-state index in [9.17, 15) is 10.2 Å². The number of unbranched alkanes of at least 4 members (excludes halogenated alkanes) is 14. The van der Waals surface area contributed by atoms with Gasteiger partial charge in [0.25, 0.3) is 0 Å². The normalized spacial score (nSPS) is 11.5. The van der Waals surface area contributed by atoms with Crippen LogP contribution in [0, 0.1) is 0 Å². The minimum absolute atomic E-state index is 0.0906. The maximum atomic E-state index is 10.6. The number of phenols is 2. The third kappa shape index (κ3) is 14.5. The molecule has 0 bridgehead atoms. The molecule has 0 amide bonds. The van der Waals surface area contributed by atoms with Crippen molar-refractivity contribution in [1.29, 1.82) is 0 Å². The van der Waals surface area contributed by atoms with Crippen LogP contribution in [0.1, 0.15) is 128 Å². The maximum Gasteiger partial charge on any atom is 0.178 e. The number of aliphatic imine (C=N–C) groups is 2. The van der Waals surface area contributed by atoms with Crippen molar-refractivity contribution in [3.05, 3.63) is 65.9 Å². The largest absolute Gasteiger partial charge is 0.507 e.